The Morgan fingerprint density at radius 2 is 2.14 bits per heavy atom. The third-order valence-electron chi connectivity index (χ3n) is 6.22. The van der Waals surface area contributed by atoms with Crippen molar-refractivity contribution in [3.63, 3.8) is 0 Å². The number of halogens is 1. The standard InChI is InChI=1S/C25H21ClN6O2S/c26-16-2-1-14-8-22(35-21(14)9-16)19-3-4-20-24(31-19)25(34)32(13-29-20)12-23(33)28-11-17-7-15-10-27-6-5-18(15)30-17/h1-2,5-10,13,19,30-31H,3-4,11-12H2,(H,28,33). The molecule has 1 atom stereocenters. The summed E-state index contributed by atoms with van der Waals surface area (Å²) in [5.41, 5.74) is 2.79. The fourth-order valence-corrected chi connectivity index (χ4v) is 5.87. The molecule has 0 aliphatic carbocycles. The van der Waals surface area contributed by atoms with Crippen molar-refractivity contribution in [3.8, 4) is 0 Å². The molecule has 0 saturated carbocycles. The van der Waals surface area contributed by atoms with E-state index in [4.69, 9.17) is 11.6 Å². The number of aromatic nitrogens is 4. The molecule has 3 N–H and O–H groups in total. The van der Waals surface area contributed by atoms with Crippen LogP contribution >= 0.6 is 22.9 Å². The number of hydrogen-bond donors (Lipinski definition) is 3. The summed E-state index contributed by atoms with van der Waals surface area (Å²) in [7, 11) is 0. The van der Waals surface area contributed by atoms with Crippen LogP contribution in [-0.4, -0.2) is 25.4 Å². The zero-order valence-electron chi connectivity index (χ0n) is 18.5. The van der Waals surface area contributed by atoms with Gasteiger partial charge in [-0.2, -0.15) is 0 Å². The molecule has 0 bridgehead atoms. The first-order valence-corrected chi connectivity index (χ1v) is 12.4. The number of H-pyrrole nitrogens is 1. The van der Waals surface area contributed by atoms with Gasteiger partial charge in [0.05, 0.1) is 24.6 Å². The summed E-state index contributed by atoms with van der Waals surface area (Å²) >= 11 is 7.81. The van der Waals surface area contributed by atoms with Gasteiger partial charge >= 0.3 is 0 Å². The van der Waals surface area contributed by atoms with Gasteiger partial charge in [-0.25, -0.2) is 4.98 Å². The van der Waals surface area contributed by atoms with Crippen LogP contribution in [0.2, 0.25) is 5.02 Å². The van der Waals surface area contributed by atoms with E-state index in [9.17, 15) is 9.59 Å². The molecule has 8 nitrogen and oxygen atoms in total. The Morgan fingerprint density at radius 1 is 1.23 bits per heavy atom. The number of carbonyl (C=O) groups excluding carboxylic acids is 1. The number of rotatable bonds is 5. The van der Waals surface area contributed by atoms with Crippen molar-refractivity contribution in [2.24, 2.45) is 0 Å². The van der Waals surface area contributed by atoms with Gasteiger partial charge in [0.25, 0.3) is 5.56 Å². The van der Waals surface area contributed by atoms with E-state index in [-0.39, 0.29) is 24.1 Å². The number of hydrogen-bond acceptors (Lipinski definition) is 6. The zero-order chi connectivity index (χ0) is 23.9. The van der Waals surface area contributed by atoms with Crippen LogP contribution in [0.5, 0.6) is 0 Å². The summed E-state index contributed by atoms with van der Waals surface area (Å²) in [4.78, 5) is 38.7. The monoisotopic (exact) mass is 504 g/mol. The lowest BCUT2D eigenvalue weighted by Gasteiger charge is -2.25. The van der Waals surface area contributed by atoms with Gasteiger partial charge in [0.15, 0.2) is 0 Å². The maximum absolute atomic E-state index is 13.2. The molecular weight excluding hydrogens is 484 g/mol. The quantitative estimate of drug-likeness (QED) is 0.329. The lowest BCUT2D eigenvalue weighted by atomic mass is 10.0. The summed E-state index contributed by atoms with van der Waals surface area (Å²) in [6.07, 6.45) is 6.47. The second kappa shape index (κ2) is 8.83. The molecule has 1 amide bonds. The SMILES string of the molecule is O=C(Cn1cnc2c(c1=O)NC(c1cc3ccc(Cl)cc3s1)CC2)NCc1cc2cnccc2[nH]1. The van der Waals surface area contributed by atoms with E-state index in [0.29, 0.717) is 23.7 Å². The van der Waals surface area contributed by atoms with Crippen LogP contribution in [0.3, 0.4) is 0 Å². The molecule has 10 heteroatoms. The molecule has 1 aromatic carbocycles. The molecule has 0 saturated heterocycles. The van der Waals surface area contributed by atoms with Gasteiger partial charge in [0.2, 0.25) is 5.91 Å². The number of fused-ring (bicyclic) bond motifs is 3. The van der Waals surface area contributed by atoms with E-state index in [2.05, 4.69) is 31.7 Å². The third kappa shape index (κ3) is 4.28. The van der Waals surface area contributed by atoms with E-state index in [1.807, 2.05) is 30.3 Å². The second-order valence-corrected chi connectivity index (χ2v) is 10.2. The van der Waals surface area contributed by atoms with Gasteiger partial charge in [-0.3, -0.25) is 19.1 Å². The van der Waals surface area contributed by atoms with Crippen molar-refractivity contribution in [3.05, 3.63) is 86.8 Å². The molecule has 176 valence electrons. The van der Waals surface area contributed by atoms with Crippen LogP contribution in [0, 0.1) is 0 Å². The molecule has 1 aliphatic heterocycles. The van der Waals surface area contributed by atoms with Gasteiger partial charge in [0.1, 0.15) is 12.2 Å². The van der Waals surface area contributed by atoms with Gasteiger partial charge in [0, 0.05) is 43.6 Å². The molecule has 5 heterocycles. The minimum Gasteiger partial charge on any atom is -0.371 e. The first-order chi connectivity index (χ1) is 17.0. The topological polar surface area (TPSA) is 105 Å². The highest BCUT2D eigenvalue weighted by molar-refractivity contribution is 7.19. The summed E-state index contributed by atoms with van der Waals surface area (Å²) in [6, 6.07) is 11.8. The highest BCUT2D eigenvalue weighted by atomic mass is 35.5. The molecule has 0 radical (unpaired) electrons. The Kier molecular flexibility index (Phi) is 5.50. The fraction of sp³-hybridized carbons (Fsp3) is 0.200. The van der Waals surface area contributed by atoms with Gasteiger partial charge in [-0.05, 0) is 48.6 Å². The Morgan fingerprint density at radius 3 is 3.03 bits per heavy atom. The van der Waals surface area contributed by atoms with Gasteiger partial charge < -0.3 is 15.6 Å². The molecule has 6 rings (SSSR count). The van der Waals surface area contributed by atoms with Crippen LogP contribution < -0.4 is 16.2 Å². The highest BCUT2D eigenvalue weighted by Crippen LogP contribution is 2.37. The van der Waals surface area contributed by atoms with Gasteiger partial charge in [-0.1, -0.05) is 17.7 Å². The minimum absolute atomic E-state index is 0.00866. The second-order valence-electron chi connectivity index (χ2n) is 8.60. The summed E-state index contributed by atoms with van der Waals surface area (Å²) in [6.45, 7) is 0.228. The summed E-state index contributed by atoms with van der Waals surface area (Å²) < 4.78 is 2.47. The lowest BCUT2D eigenvalue weighted by molar-refractivity contribution is -0.121. The fourth-order valence-electron chi connectivity index (χ4n) is 4.44. The third-order valence-corrected chi connectivity index (χ3v) is 7.66. The van der Waals surface area contributed by atoms with Crippen LogP contribution in [0.1, 0.15) is 28.7 Å². The Balaban J connectivity index is 1.16. The number of thiophene rings is 1. The van der Waals surface area contributed by atoms with E-state index in [1.54, 1.807) is 23.7 Å². The minimum atomic E-state index is -0.264. The van der Waals surface area contributed by atoms with E-state index in [0.717, 1.165) is 43.7 Å². The van der Waals surface area contributed by atoms with Crippen LogP contribution in [0.15, 0.2) is 59.9 Å². The van der Waals surface area contributed by atoms with Crippen molar-refractivity contribution in [1.29, 1.82) is 0 Å². The largest absolute Gasteiger partial charge is 0.371 e. The normalized spacial score (nSPS) is 15.2. The van der Waals surface area contributed by atoms with E-state index >= 15 is 0 Å². The van der Waals surface area contributed by atoms with Crippen LogP contribution in [0.25, 0.3) is 21.0 Å². The highest BCUT2D eigenvalue weighted by Gasteiger charge is 2.25. The Bertz CT molecular complexity index is 1610. The van der Waals surface area contributed by atoms with Crippen molar-refractivity contribution in [2.75, 3.05) is 5.32 Å². The van der Waals surface area contributed by atoms with Gasteiger partial charge in [-0.15, -0.1) is 11.3 Å². The molecule has 0 spiro atoms. The number of nitrogens with one attached hydrogen (secondary N) is 3. The maximum Gasteiger partial charge on any atom is 0.277 e. The van der Waals surface area contributed by atoms with Crippen LogP contribution in [0.4, 0.5) is 5.69 Å². The first-order valence-electron chi connectivity index (χ1n) is 11.3. The number of anilines is 1. The number of benzene rings is 1. The number of amides is 1. The zero-order valence-corrected chi connectivity index (χ0v) is 20.1. The van der Waals surface area contributed by atoms with Crippen LogP contribution in [-0.2, 0) is 24.3 Å². The first kappa shape index (κ1) is 21.8. The summed E-state index contributed by atoms with van der Waals surface area (Å²) in [5, 5.41) is 9.07. The van der Waals surface area contributed by atoms with Crippen molar-refractivity contribution < 1.29 is 4.79 Å². The molecule has 5 aromatic rings. The van der Waals surface area contributed by atoms with E-state index < -0.39 is 0 Å². The molecule has 1 aliphatic rings. The van der Waals surface area contributed by atoms with E-state index in [1.165, 1.54) is 10.9 Å². The maximum atomic E-state index is 13.2. The molecule has 35 heavy (non-hydrogen) atoms. The molecule has 4 aromatic heterocycles. The average Bonchev–Trinajstić information content (AvgIpc) is 3.48. The van der Waals surface area contributed by atoms with Crippen molar-refractivity contribution in [1.82, 2.24) is 24.8 Å². The number of pyridine rings is 1. The molecule has 1 unspecified atom stereocenters. The Labute approximate surface area is 209 Å². The van der Waals surface area contributed by atoms with Crippen molar-refractivity contribution in [2.45, 2.75) is 32.0 Å². The predicted octanol–water partition coefficient (Wildman–Crippen LogP) is 4.40. The smallest absolute Gasteiger partial charge is 0.277 e. The number of nitrogens with zero attached hydrogens (tertiary/aromatic N) is 3. The number of aryl methyl sites for hydroxylation is 1. The number of aromatic amines is 1. The summed E-state index contributed by atoms with van der Waals surface area (Å²) in [5.74, 6) is -0.264. The predicted molar refractivity (Wildman–Crippen MR) is 138 cm³/mol. The Hall–Kier alpha value is -3.69. The lowest BCUT2D eigenvalue weighted by Crippen LogP contribution is -2.35. The molecular formula is C25H21ClN6O2S. The average molecular weight is 505 g/mol. The van der Waals surface area contributed by atoms with Crippen molar-refractivity contribution >= 4 is 55.5 Å². The molecule has 0 fully saturated rings. The number of carbonyl (C=O) groups is 1.